The normalized spacial score (nSPS) is 19.7. The van der Waals surface area contributed by atoms with Gasteiger partial charge in [-0.1, -0.05) is 6.07 Å². The summed E-state index contributed by atoms with van der Waals surface area (Å²) in [7, 11) is 3.32. The molecule has 0 saturated heterocycles. The molecule has 0 radical (unpaired) electrons. The van der Waals surface area contributed by atoms with Crippen LogP contribution < -0.4 is 20.1 Å². The molecular formula is C24H33N3O3. The van der Waals surface area contributed by atoms with Crippen molar-refractivity contribution in [3.63, 3.8) is 0 Å². The number of ether oxygens (including phenoxy) is 2. The van der Waals surface area contributed by atoms with Crippen LogP contribution in [0.5, 0.6) is 11.5 Å². The molecule has 1 aliphatic carbocycles. The number of methoxy groups -OCH3 is 2. The Morgan fingerprint density at radius 3 is 2.43 bits per heavy atom. The van der Waals surface area contributed by atoms with E-state index in [4.69, 9.17) is 9.47 Å². The number of nitrogens with one attached hydrogen (secondary N) is 2. The molecule has 1 aromatic carbocycles. The Bertz CT molecular complexity index is 805. The Labute approximate surface area is 179 Å². The minimum Gasteiger partial charge on any atom is -0.493 e. The van der Waals surface area contributed by atoms with E-state index < -0.39 is 0 Å². The zero-order valence-corrected chi connectivity index (χ0v) is 18.2. The predicted octanol–water partition coefficient (Wildman–Crippen LogP) is 4.06. The average molecular weight is 412 g/mol. The van der Waals surface area contributed by atoms with Crippen LogP contribution in [0.2, 0.25) is 0 Å². The smallest absolute Gasteiger partial charge is 0.227 e. The Morgan fingerprint density at radius 2 is 1.77 bits per heavy atom. The minimum atomic E-state index is 0.110. The molecule has 30 heavy (non-hydrogen) atoms. The third kappa shape index (κ3) is 6.20. The fourth-order valence-electron chi connectivity index (χ4n) is 4.11. The Kier molecular flexibility index (Phi) is 8.08. The van der Waals surface area contributed by atoms with E-state index >= 15 is 0 Å². The van der Waals surface area contributed by atoms with Crippen LogP contribution in [-0.4, -0.2) is 37.7 Å². The lowest BCUT2D eigenvalue weighted by Crippen LogP contribution is -2.35. The van der Waals surface area contributed by atoms with Gasteiger partial charge in [0.25, 0.3) is 0 Å². The van der Waals surface area contributed by atoms with Crippen LogP contribution in [0.15, 0.2) is 42.7 Å². The molecule has 6 heteroatoms. The van der Waals surface area contributed by atoms with Crippen molar-refractivity contribution in [2.24, 2.45) is 11.8 Å². The first-order valence-electron chi connectivity index (χ1n) is 10.7. The standard InChI is InChI=1S/C24H33N3O3/c1-17(14-19-6-9-22(29-2)23(15-19)30-3)26-16-18-4-7-20(8-5-18)24(28)27-21-10-12-25-13-11-21/h6,9-13,15,17-18,20,26H,4-5,7-8,14,16H2,1-3H3,(H,25,27,28). The lowest BCUT2D eigenvalue weighted by atomic mass is 9.81. The first-order valence-corrected chi connectivity index (χ1v) is 10.7. The molecule has 1 aromatic heterocycles. The molecular weight excluding hydrogens is 378 g/mol. The van der Waals surface area contributed by atoms with Crippen molar-refractivity contribution in [3.05, 3.63) is 48.3 Å². The Morgan fingerprint density at radius 1 is 1.07 bits per heavy atom. The van der Waals surface area contributed by atoms with Gasteiger partial charge in [-0.25, -0.2) is 0 Å². The number of benzene rings is 1. The van der Waals surface area contributed by atoms with Gasteiger partial charge < -0.3 is 20.1 Å². The Hall–Kier alpha value is -2.60. The van der Waals surface area contributed by atoms with E-state index in [0.717, 1.165) is 55.8 Å². The van der Waals surface area contributed by atoms with Gasteiger partial charge in [0, 0.05) is 30.0 Å². The van der Waals surface area contributed by atoms with E-state index in [2.05, 4.69) is 28.6 Å². The Balaban J connectivity index is 1.39. The second-order valence-electron chi connectivity index (χ2n) is 8.15. The fraction of sp³-hybridized carbons (Fsp3) is 0.500. The third-order valence-electron chi connectivity index (χ3n) is 5.91. The third-order valence-corrected chi connectivity index (χ3v) is 5.91. The number of carbonyl (C=O) groups is 1. The molecule has 1 heterocycles. The number of rotatable bonds is 9. The fourth-order valence-corrected chi connectivity index (χ4v) is 4.11. The van der Waals surface area contributed by atoms with Crippen LogP contribution in [-0.2, 0) is 11.2 Å². The molecule has 6 nitrogen and oxygen atoms in total. The zero-order valence-electron chi connectivity index (χ0n) is 18.2. The molecule has 0 bridgehead atoms. The molecule has 2 aromatic rings. The summed E-state index contributed by atoms with van der Waals surface area (Å²) in [4.78, 5) is 16.5. The highest BCUT2D eigenvalue weighted by Gasteiger charge is 2.26. The molecule has 0 aliphatic heterocycles. The number of anilines is 1. The second-order valence-corrected chi connectivity index (χ2v) is 8.15. The van der Waals surface area contributed by atoms with Gasteiger partial charge in [0.05, 0.1) is 14.2 Å². The molecule has 1 atom stereocenters. The monoisotopic (exact) mass is 411 g/mol. The van der Waals surface area contributed by atoms with Crippen LogP contribution in [0.1, 0.15) is 38.2 Å². The summed E-state index contributed by atoms with van der Waals surface area (Å²) in [6.45, 7) is 3.21. The van der Waals surface area contributed by atoms with Crippen molar-refractivity contribution in [1.82, 2.24) is 10.3 Å². The van der Waals surface area contributed by atoms with Crippen LogP contribution >= 0.6 is 0 Å². The van der Waals surface area contributed by atoms with Crippen LogP contribution in [0.3, 0.4) is 0 Å². The van der Waals surface area contributed by atoms with Crippen molar-refractivity contribution < 1.29 is 14.3 Å². The van der Waals surface area contributed by atoms with E-state index in [1.807, 2.05) is 24.3 Å². The summed E-state index contributed by atoms with van der Waals surface area (Å²) in [5.41, 5.74) is 2.05. The highest BCUT2D eigenvalue weighted by molar-refractivity contribution is 5.92. The van der Waals surface area contributed by atoms with Crippen LogP contribution in [0.4, 0.5) is 5.69 Å². The van der Waals surface area contributed by atoms with Gasteiger partial charge in [-0.05, 0) is 81.3 Å². The van der Waals surface area contributed by atoms with E-state index in [-0.39, 0.29) is 11.8 Å². The van der Waals surface area contributed by atoms with Gasteiger partial charge >= 0.3 is 0 Å². The molecule has 162 valence electrons. The lowest BCUT2D eigenvalue weighted by molar-refractivity contribution is -0.121. The molecule has 1 unspecified atom stereocenters. The molecule has 0 spiro atoms. The number of nitrogens with zero attached hydrogens (tertiary/aromatic N) is 1. The maximum atomic E-state index is 12.5. The van der Waals surface area contributed by atoms with Gasteiger partial charge in [-0.2, -0.15) is 0 Å². The summed E-state index contributed by atoms with van der Waals surface area (Å²) < 4.78 is 10.7. The first-order chi connectivity index (χ1) is 14.6. The van der Waals surface area contributed by atoms with Gasteiger partial charge in [0.2, 0.25) is 5.91 Å². The van der Waals surface area contributed by atoms with E-state index in [1.54, 1.807) is 26.6 Å². The summed E-state index contributed by atoms with van der Waals surface area (Å²) in [6.07, 6.45) is 8.41. The molecule has 1 saturated carbocycles. The van der Waals surface area contributed by atoms with Crippen molar-refractivity contribution in [3.8, 4) is 11.5 Å². The van der Waals surface area contributed by atoms with Crippen molar-refractivity contribution in [2.45, 2.75) is 45.1 Å². The highest BCUT2D eigenvalue weighted by Crippen LogP contribution is 2.30. The second kappa shape index (κ2) is 11.0. The van der Waals surface area contributed by atoms with E-state index in [0.29, 0.717) is 12.0 Å². The SMILES string of the molecule is COc1ccc(CC(C)NCC2CCC(C(=O)Nc3ccncc3)CC2)cc1OC. The van der Waals surface area contributed by atoms with Gasteiger partial charge in [-0.3, -0.25) is 9.78 Å². The molecule has 3 rings (SSSR count). The summed E-state index contributed by atoms with van der Waals surface area (Å²) in [6, 6.07) is 10.1. The number of aromatic nitrogens is 1. The van der Waals surface area contributed by atoms with Gasteiger partial charge in [0.15, 0.2) is 11.5 Å². The minimum absolute atomic E-state index is 0.110. The van der Waals surface area contributed by atoms with E-state index in [1.165, 1.54) is 5.56 Å². The number of carbonyl (C=O) groups excluding carboxylic acids is 1. The van der Waals surface area contributed by atoms with Crippen molar-refractivity contribution >= 4 is 11.6 Å². The number of pyridine rings is 1. The van der Waals surface area contributed by atoms with Crippen LogP contribution in [0, 0.1) is 11.8 Å². The van der Waals surface area contributed by atoms with Crippen molar-refractivity contribution in [2.75, 3.05) is 26.1 Å². The summed E-state index contributed by atoms with van der Waals surface area (Å²) in [5.74, 6) is 2.40. The quantitative estimate of drug-likeness (QED) is 0.651. The van der Waals surface area contributed by atoms with Crippen LogP contribution in [0.25, 0.3) is 0 Å². The predicted molar refractivity (Wildman–Crippen MR) is 119 cm³/mol. The van der Waals surface area contributed by atoms with Gasteiger partial charge in [0.1, 0.15) is 0 Å². The topological polar surface area (TPSA) is 72.5 Å². The largest absolute Gasteiger partial charge is 0.493 e. The average Bonchev–Trinajstić information content (AvgIpc) is 2.78. The maximum absolute atomic E-state index is 12.5. The summed E-state index contributed by atoms with van der Waals surface area (Å²) >= 11 is 0. The lowest BCUT2D eigenvalue weighted by Gasteiger charge is -2.29. The molecule has 1 amide bonds. The zero-order chi connectivity index (χ0) is 21.3. The molecule has 2 N–H and O–H groups in total. The number of hydrogen-bond acceptors (Lipinski definition) is 5. The van der Waals surface area contributed by atoms with Gasteiger partial charge in [-0.15, -0.1) is 0 Å². The molecule has 1 aliphatic rings. The molecule has 1 fully saturated rings. The maximum Gasteiger partial charge on any atom is 0.227 e. The highest BCUT2D eigenvalue weighted by atomic mass is 16.5. The first kappa shape index (κ1) is 22.1. The number of amides is 1. The number of hydrogen-bond donors (Lipinski definition) is 2. The van der Waals surface area contributed by atoms with Crippen molar-refractivity contribution in [1.29, 1.82) is 0 Å². The summed E-state index contributed by atoms with van der Waals surface area (Å²) in [5, 5.41) is 6.68. The van der Waals surface area contributed by atoms with E-state index in [9.17, 15) is 4.79 Å².